The molecule has 0 spiro atoms. The average molecular weight is 332 g/mol. The van der Waals surface area contributed by atoms with E-state index in [1.54, 1.807) is 23.9 Å². The van der Waals surface area contributed by atoms with E-state index in [9.17, 15) is 4.79 Å². The third kappa shape index (κ3) is 5.43. The van der Waals surface area contributed by atoms with Crippen LogP contribution in [0.3, 0.4) is 0 Å². The molecule has 0 saturated heterocycles. The molecule has 0 unspecified atom stereocenters. The second kappa shape index (κ2) is 8.00. The zero-order chi connectivity index (χ0) is 10.9. The van der Waals surface area contributed by atoms with Crippen LogP contribution in [0.5, 0.6) is 0 Å². The number of carbonyl (C=O) groups excluding carboxylic acids is 1. The Morgan fingerprint density at radius 2 is 2.33 bits per heavy atom. The normalized spacial score (nSPS) is 9.67. The molecule has 0 bridgehead atoms. The summed E-state index contributed by atoms with van der Waals surface area (Å²) in [4.78, 5) is 11.6. The molecule has 0 atom stereocenters. The highest BCUT2D eigenvalue weighted by atomic mass is 127. The molecule has 15 heavy (non-hydrogen) atoms. The Morgan fingerprint density at radius 1 is 1.47 bits per heavy atom. The van der Waals surface area contributed by atoms with Crippen molar-refractivity contribution in [3.63, 3.8) is 0 Å². The van der Waals surface area contributed by atoms with Crippen molar-refractivity contribution >= 4 is 40.1 Å². The van der Waals surface area contributed by atoms with E-state index in [-0.39, 0.29) is 5.78 Å². The summed E-state index contributed by atoms with van der Waals surface area (Å²) in [6.07, 6.45) is 2.44. The first-order chi connectivity index (χ1) is 7.34. The fourth-order valence-electron chi connectivity index (χ4n) is 1.06. The Labute approximate surface area is 109 Å². The summed E-state index contributed by atoms with van der Waals surface area (Å²) < 4.78 is 1.20. The SMILES string of the molecule is O=C(CSCCCCI)c1c#cccc1. The summed E-state index contributed by atoms with van der Waals surface area (Å²) in [6.45, 7) is 0. The van der Waals surface area contributed by atoms with Crippen LogP contribution in [0.25, 0.3) is 0 Å². The van der Waals surface area contributed by atoms with Gasteiger partial charge in [0.25, 0.3) is 0 Å². The van der Waals surface area contributed by atoms with Gasteiger partial charge in [0.05, 0.1) is 11.3 Å². The van der Waals surface area contributed by atoms with Crippen molar-refractivity contribution in [3.8, 4) is 0 Å². The number of Topliss-reactive ketones (excluding diaryl/α,β-unsaturated/α-hetero) is 1. The molecule has 0 radical (unpaired) electrons. The van der Waals surface area contributed by atoms with Gasteiger partial charge in [0, 0.05) is 0 Å². The molecule has 1 aromatic carbocycles. The van der Waals surface area contributed by atoms with E-state index in [2.05, 4.69) is 34.7 Å². The van der Waals surface area contributed by atoms with Gasteiger partial charge in [0.1, 0.15) is 0 Å². The number of thioether (sulfide) groups is 1. The van der Waals surface area contributed by atoms with E-state index in [1.165, 1.54) is 17.3 Å². The molecule has 1 nitrogen and oxygen atoms in total. The molecule has 0 aliphatic rings. The minimum absolute atomic E-state index is 0.159. The second-order valence-corrected chi connectivity index (χ2v) is 5.26. The number of alkyl halides is 1. The monoisotopic (exact) mass is 332 g/mol. The maximum absolute atomic E-state index is 11.6. The first kappa shape index (κ1) is 12.9. The van der Waals surface area contributed by atoms with E-state index in [4.69, 9.17) is 0 Å². The van der Waals surface area contributed by atoms with Crippen molar-refractivity contribution in [2.24, 2.45) is 0 Å². The molecule has 0 saturated carbocycles. The fourth-order valence-corrected chi connectivity index (χ4v) is 2.49. The van der Waals surface area contributed by atoms with E-state index < -0.39 is 0 Å². The van der Waals surface area contributed by atoms with E-state index in [1.807, 2.05) is 6.07 Å². The maximum Gasteiger partial charge on any atom is 0.181 e. The van der Waals surface area contributed by atoms with E-state index in [0.717, 1.165) is 5.75 Å². The summed E-state index contributed by atoms with van der Waals surface area (Å²) >= 11 is 4.09. The first-order valence-corrected chi connectivity index (χ1v) is 7.58. The predicted octanol–water partition coefficient (Wildman–Crippen LogP) is 3.42. The lowest BCUT2D eigenvalue weighted by molar-refractivity contribution is 0.102. The standard InChI is InChI=1S/C12H13IOS/c13-8-4-5-9-15-10-12(14)11-6-2-1-3-7-11/h1-2,6H,4-5,8-10H2. The molecule has 1 aromatic rings. The van der Waals surface area contributed by atoms with Crippen LogP contribution in [-0.2, 0) is 0 Å². The number of halogens is 1. The highest BCUT2D eigenvalue weighted by molar-refractivity contribution is 14.1. The van der Waals surface area contributed by atoms with Crippen LogP contribution in [-0.4, -0.2) is 21.7 Å². The van der Waals surface area contributed by atoms with Crippen LogP contribution >= 0.6 is 34.4 Å². The number of rotatable bonds is 7. The Hall–Kier alpha value is -0.210. The molecule has 0 heterocycles. The smallest absolute Gasteiger partial charge is 0.181 e. The van der Waals surface area contributed by atoms with Gasteiger partial charge in [-0.15, -0.1) is 0 Å². The van der Waals surface area contributed by atoms with Gasteiger partial charge in [0.2, 0.25) is 0 Å². The fraction of sp³-hybridized carbons (Fsp3) is 0.417. The summed E-state index contributed by atoms with van der Waals surface area (Å²) in [5.41, 5.74) is 0.652. The largest absolute Gasteiger partial charge is 0.293 e. The lowest BCUT2D eigenvalue weighted by Gasteiger charge is -1.99. The Morgan fingerprint density at radius 3 is 3.00 bits per heavy atom. The molecule has 0 aliphatic carbocycles. The molecule has 80 valence electrons. The molecule has 0 N–H and O–H groups in total. The molecule has 0 aliphatic heterocycles. The highest BCUT2D eigenvalue weighted by Crippen LogP contribution is 2.08. The van der Waals surface area contributed by atoms with Crippen molar-refractivity contribution < 1.29 is 4.79 Å². The maximum atomic E-state index is 11.6. The van der Waals surface area contributed by atoms with Crippen LogP contribution in [0.4, 0.5) is 0 Å². The lowest BCUT2D eigenvalue weighted by Crippen LogP contribution is -2.02. The predicted molar refractivity (Wildman–Crippen MR) is 73.9 cm³/mol. The van der Waals surface area contributed by atoms with Gasteiger partial charge < -0.3 is 0 Å². The number of carbonyl (C=O) groups is 1. The molecule has 3 heteroatoms. The molecule has 1 rings (SSSR count). The van der Waals surface area contributed by atoms with Crippen molar-refractivity contribution in [2.45, 2.75) is 12.8 Å². The minimum atomic E-state index is 0.159. The molecule has 0 fully saturated rings. The van der Waals surface area contributed by atoms with E-state index in [0.29, 0.717) is 11.3 Å². The van der Waals surface area contributed by atoms with Gasteiger partial charge in [-0.05, 0) is 35.2 Å². The van der Waals surface area contributed by atoms with Crippen molar-refractivity contribution in [3.05, 3.63) is 35.9 Å². The molecular formula is C12H13IOS. The van der Waals surface area contributed by atoms with Crippen molar-refractivity contribution in [2.75, 3.05) is 15.9 Å². The summed E-state index contributed by atoms with van der Waals surface area (Å²) in [7, 11) is 0. The summed E-state index contributed by atoms with van der Waals surface area (Å²) in [5, 5.41) is 0. The number of hydrogen-bond donors (Lipinski definition) is 0. The lowest BCUT2D eigenvalue weighted by atomic mass is 10.2. The minimum Gasteiger partial charge on any atom is -0.293 e. The van der Waals surface area contributed by atoms with Gasteiger partial charge in [-0.1, -0.05) is 40.8 Å². The summed E-state index contributed by atoms with van der Waals surface area (Å²) in [6, 6.07) is 11.0. The Kier molecular flexibility index (Phi) is 6.86. The number of hydrogen-bond acceptors (Lipinski definition) is 2. The van der Waals surface area contributed by atoms with Crippen LogP contribution in [0.2, 0.25) is 0 Å². The van der Waals surface area contributed by atoms with E-state index >= 15 is 0 Å². The van der Waals surface area contributed by atoms with Gasteiger partial charge in [-0.3, -0.25) is 4.79 Å². The molecule has 0 aromatic heterocycles. The first-order valence-electron chi connectivity index (χ1n) is 4.90. The summed E-state index contributed by atoms with van der Waals surface area (Å²) in [5.74, 6) is 1.80. The van der Waals surface area contributed by atoms with Crippen molar-refractivity contribution in [1.29, 1.82) is 0 Å². The second-order valence-electron chi connectivity index (χ2n) is 3.08. The number of unbranched alkanes of at least 4 members (excludes halogenated alkanes) is 1. The van der Waals surface area contributed by atoms with Crippen LogP contribution in [0, 0.1) is 12.1 Å². The van der Waals surface area contributed by atoms with Crippen molar-refractivity contribution in [1.82, 2.24) is 0 Å². The van der Waals surface area contributed by atoms with Gasteiger partial charge >= 0.3 is 0 Å². The Bertz CT molecular complexity index is 287. The Balaban J connectivity index is 2.20. The van der Waals surface area contributed by atoms with Gasteiger partial charge in [0.15, 0.2) is 5.78 Å². The quantitative estimate of drug-likeness (QED) is 0.329. The zero-order valence-electron chi connectivity index (χ0n) is 8.46. The average Bonchev–Trinajstić information content (AvgIpc) is 2.30. The highest BCUT2D eigenvalue weighted by Gasteiger charge is 2.04. The third-order valence-corrected chi connectivity index (χ3v) is 3.66. The zero-order valence-corrected chi connectivity index (χ0v) is 11.4. The molecular weight excluding hydrogens is 319 g/mol. The third-order valence-electron chi connectivity index (χ3n) is 1.86. The van der Waals surface area contributed by atoms with Crippen LogP contribution < -0.4 is 0 Å². The van der Waals surface area contributed by atoms with Crippen LogP contribution in [0.1, 0.15) is 23.2 Å². The van der Waals surface area contributed by atoms with Gasteiger partial charge in [-0.25, -0.2) is 0 Å². The molecule has 0 amide bonds. The van der Waals surface area contributed by atoms with Crippen LogP contribution in [0.15, 0.2) is 18.2 Å². The van der Waals surface area contributed by atoms with Gasteiger partial charge in [-0.2, -0.15) is 11.8 Å². The number of ketones is 1. The topological polar surface area (TPSA) is 17.1 Å².